The third-order valence-electron chi connectivity index (χ3n) is 2.82. The predicted octanol–water partition coefficient (Wildman–Crippen LogP) is 1.67. The first-order valence-corrected chi connectivity index (χ1v) is 7.11. The van der Waals surface area contributed by atoms with Crippen molar-refractivity contribution in [3.05, 3.63) is 43.5 Å². The second-order valence-electron chi connectivity index (χ2n) is 4.24. The van der Waals surface area contributed by atoms with E-state index in [4.69, 9.17) is 16.7 Å². The summed E-state index contributed by atoms with van der Waals surface area (Å²) in [6.45, 7) is -0.521. The van der Waals surface area contributed by atoms with Gasteiger partial charge in [0.05, 0.1) is 18.1 Å². The molecule has 0 atom stereocenters. The summed E-state index contributed by atoms with van der Waals surface area (Å²) in [7, 11) is 0. The van der Waals surface area contributed by atoms with Crippen LogP contribution in [0.5, 0.6) is 0 Å². The Morgan fingerprint density at radius 2 is 2.09 bits per heavy atom. The maximum atomic E-state index is 12.0. The van der Waals surface area contributed by atoms with E-state index in [9.17, 15) is 19.7 Å². The maximum Gasteiger partial charge on any atom is 0.295 e. The van der Waals surface area contributed by atoms with Crippen LogP contribution in [0.4, 0.5) is 11.4 Å². The Morgan fingerprint density at radius 1 is 1.41 bits per heavy atom. The number of nitro benzene ring substituents is 1. The van der Waals surface area contributed by atoms with Gasteiger partial charge in [0.1, 0.15) is 11.4 Å². The normalized spacial score (nSPS) is 14.3. The number of hydrogen-bond acceptors (Lipinski definition) is 6. The number of aliphatic hydroxyl groups is 1. The SMILES string of the molecule is O=C1C=C(Nc2c(Br)cc(Cl)cc2[N+](=O)[O-])C(=O)N1CCO. The summed E-state index contributed by atoms with van der Waals surface area (Å²) in [5.41, 5.74) is -0.460. The van der Waals surface area contributed by atoms with Crippen LogP contribution in [0.2, 0.25) is 5.02 Å². The van der Waals surface area contributed by atoms with Crippen LogP contribution in [-0.4, -0.2) is 39.9 Å². The molecule has 0 spiro atoms. The van der Waals surface area contributed by atoms with E-state index in [1.54, 1.807) is 0 Å². The number of carbonyl (C=O) groups is 2. The van der Waals surface area contributed by atoms with Gasteiger partial charge >= 0.3 is 0 Å². The monoisotopic (exact) mass is 389 g/mol. The van der Waals surface area contributed by atoms with Crippen molar-refractivity contribution in [3.63, 3.8) is 0 Å². The first-order valence-electron chi connectivity index (χ1n) is 5.94. The lowest BCUT2D eigenvalue weighted by molar-refractivity contribution is -0.384. The summed E-state index contributed by atoms with van der Waals surface area (Å²) in [4.78, 5) is 34.9. The first-order chi connectivity index (χ1) is 10.3. The molecule has 0 radical (unpaired) electrons. The molecule has 22 heavy (non-hydrogen) atoms. The van der Waals surface area contributed by atoms with Crippen molar-refractivity contribution >= 4 is 50.7 Å². The molecular weight excluding hydrogens is 382 g/mol. The number of anilines is 1. The number of amides is 2. The highest BCUT2D eigenvalue weighted by Crippen LogP contribution is 2.37. The van der Waals surface area contributed by atoms with E-state index in [0.29, 0.717) is 0 Å². The number of halogens is 2. The van der Waals surface area contributed by atoms with E-state index in [1.165, 1.54) is 6.07 Å². The quantitative estimate of drug-likeness (QED) is 0.449. The molecule has 1 aromatic rings. The average molecular weight is 391 g/mol. The molecule has 0 bridgehead atoms. The van der Waals surface area contributed by atoms with E-state index < -0.39 is 16.7 Å². The van der Waals surface area contributed by atoms with Gasteiger partial charge in [0.2, 0.25) is 0 Å². The molecule has 2 amide bonds. The molecule has 1 aliphatic heterocycles. The van der Waals surface area contributed by atoms with Gasteiger partial charge in [0.25, 0.3) is 17.5 Å². The minimum absolute atomic E-state index is 0.00708. The second-order valence-corrected chi connectivity index (χ2v) is 5.53. The van der Waals surface area contributed by atoms with Gasteiger partial charge in [0, 0.05) is 21.6 Å². The standard InChI is InChI=1S/C12H9BrClN3O5/c13-7-3-6(14)4-9(17(21)22)11(7)15-8-5-10(19)16(1-2-18)12(8)20/h3-5,15,18H,1-2H2. The van der Waals surface area contributed by atoms with Crippen molar-refractivity contribution in [1.29, 1.82) is 0 Å². The number of carbonyl (C=O) groups excluding carboxylic acids is 2. The Balaban J connectivity index is 2.36. The highest BCUT2D eigenvalue weighted by molar-refractivity contribution is 9.10. The van der Waals surface area contributed by atoms with E-state index in [1.807, 2.05) is 0 Å². The molecule has 1 heterocycles. The number of nitrogens with one attached hydrogen (secondary N) is 1. The molecule has 0 aromatic heterocycles. The van der Waals surface area contributed by atoms with Gasteiger partial charge in [0.15, 0.2) is 0 Å². The van der Waals surface area contributed by atoms with Crippen LogP contribution < -0.4 is 5.32 Å². The third-order valence-corrected chi connectivity index (χ3v) is 3.67. The van der Waals surface area contributed by atoms with Gasteiger partial charge < -0.3 is 10.4 Å². The van der Waals surface area contributed by atoms with Crippen LogP contribution in [0.25, 0.3) is 0 Å². The number of nitrogens with zero attached hydrogens (tertiary/aromatic N) is 2. The average Bonchev–Trinajstić information content (AvgIpc) is 2.69. The van der Waals surface area contributed by atoms with E-state index in [0.717, 1.165) is 17.0 Å². The second kappa shape index (κ2) is 6.42. The molecule has 1 aliphatic rings. The summed E-state index contributed by atoms with van der Waals surface area (Å²) >= 11 is 8.89. The number of hydrogen-bond donors (Lipinski definition) is 2. The van der Waals surface area contributed by atoms with Crippen LogP contribution in [0.15, 0.2) is 28.4 Å². The number of imide groups is 1. The number of aliphatic hydroxyl groups excluding tert-OH is 1. The lowest BCUT2D eigenvalue weighted by Gasteiger charge is -2.14. The van der Waals surface area contributed by atoms with Gasteiger partial charge in [-0.3, -0.25) is 24.6 Å². The fourth-order valence-electron chi connectivity index (χ4n) is 1.87. The van der Waals surface area contributed by atoms with Crippen molar-refractivity contribution in [2.75, 3.05) is 18.5 Å². The van der Waals surface area contributed by atoms with Crippen molar-refractivity contribution < 1.29 is 19.6 Å². The van der Waals surface area contributed by atoms with E-state index >= 15 is 0 Å². The third kappa shape index (κ3) is 3.11. The molecule has 0 aliphatic carbocycles. The Bertz CT molecular complexity index is 706. The fraction of sp³-hybridized carbons (Fsp3) is 0.167. The van der Waals surface area contributed by atoms with Crippen molar-refractivity contribution in [2.45, 2.75) is 0 Å². The summed E-state index contributed by atoms with van der Waals surface area (Å²) in [5.74, 6) is -1.27. The van der Waals surface area contributed by atoms with Gasteiger partial charge in [-0.1, -0.05) is 11.6 Å². The highest BCUT2D eigenvalue weighted by atomic mass is 79.9. The Hall–Kier alpha value is -1.97. The lowest BCUT2D eigenvalue weighted by Crippen LogP contribution is -2.34. The molecule has 0 saturated carbocycles. The molecular formula is C12H9BrClN3O5. The fourth-order valence-corrected chi connectivity index (χ4v) is 2.77. The predicted molar refractivity (Wildman–Crippen MR) is 81.3 cm³/mol. The Morgan fingerprint density at radius 3 is 2.68 bits per heavy atom. The molecule has 0 unspecified atom stereocenters. The van der Waals surface area contributed by atoms with Crippen LogP contribution in [0.3, 0.4) is 0 Å². The van der Waals surface area contributed by atoms with Gasteiger partial charge in [-0.2, -0.15) is 0 Å². The molecule has 1 aromatic carbocycles. The molecule has 0 fully saturated rings. The number of nitro groups is 1. The minimum atomic E-state index is -0.671. The molecule has 0 saturated heterocycles. The Labute approximate surface area is 137 Å². The topological polar surface area (TPSA) is 113 Å². The smallest absolute Gasteiger partial charge is 0.295 e. The largest absolute Gasteiger partial charge is 0.395 e. The summed E-state index contributed by atoms with van der Waals surface area (Å²) in [5, 5.41) is 22.6. The summed E-state index contributed by atoms with van der Waals surface area (Å²) in [6, 6.07) is 2.55. The van der Waals surface area contributed by atoms with Gasteiger partial charge in [-0.05, 0) is 22.0 Å². The number of β-amino-alcohol motifs (C(OH)–C–C–N with tert-alkyl or cyclic N) is 1. The molecule has 2 N–H and O–H groups in total. The zero-order chi connectivity index (χ0) is 16.4. The van der Waals surface area contributed by atoms with Crippen LogP contribution in [0, 0.1) is 10.1 Å². The van der Waals surface area contributed by atoms with Crippen molar-refractivity contribution in [1.82, 2.24) is 4.90 Å². The molecule has 10 heteroatoms. The molecule has 8 nitrogen and oxygen atoms in total. The zero-order valence-electron chi connectivity index (χ0n) is 10.9. The molecule has 116 valence electrons. The van der Waals surface area contributed by atoms with E-state index in [-0.39, 0.29) is 39.7 Å². The number of benzene rings is 1. The molecule has 2 rings (SSSR count). The van der Waals surface area contributed by atoms with Gasteiger partial charge in [-0.25, -0.2) is 0 Å². The van der Waals surface area contributed by atoms with Crippen LogP contribution in [-0.2, 0) is 9.59 Å². The summed E-state index contributed by atoms with van der Waals surface area (Å²) in [6.07, 6.45) is 1.02. The zero-order valence-corrected chi connectivity index (χ0v) is 13.2. The van der Waals surface area contributed by atoms with Crippen LogP contribution >= 0.6 is 27.5 Å². The van der Waals surface area contributed by atoms with Crippen molar-refractivity contribution in [2.24, 2.45) is 0 Å². The highest BCUT2D eigenvalue weighted by Gasteiger charge is 2.32. The lowest BCUT2D eigenvalue weighted by atomic mass is 10.2. The van der Waals surface area contributed by atoms with Crippen molar-refractivity contribution in [3.8, 4) is 0 Å². The van der Waals surface area contributed by atoms with Gasteiger partial charge in [-0.15, -0.1) is 0 Å². The Kier molecular flexibility index (Phi) is 4.79. The first kappa shape index (κ1) is 16.4. The minimum Gasteiger partial charge on any atom is -0.395 e. The van der Waals surface area contributed by atoms with Crippen LogP contribution in [0.1, 0.15) is 0 Å². The summed E-state index contributed by atoms with van der Waals surface area (Å²) < 4.78 is 0.272. The number of rotatable bonds is 5. The maximum absolute atomic E-state index is 12.0. The van der Waals surface area contributed by atoms with E-state index in [2.05, 4.69) is 21.2 Å².